The van der Waals surface area contributed by atoms with Crippen molar-refractivity contribution in [3.63, 3.8) is 0 Å². The molecular formula is C15H17ClN2. The van der Waals surface area contributed by atoms with Crippen LogP contribution in [0.1, 0.15) is 30.7 Å². The third-order valence-corrected chi connectivity index (χ3v) is 4.97. The summed E-state index contributed by atoms with van der Waals surface area (Å²) < 4.78 is 0. The maximum Gasteiger partial charge on any atom is 0.0687 e. The lowest BCUT2D eigenvalue weighted by atomic mass is 9.77. The molecule has 0 radical (unpaired) electrons. The molecule has 0 aliphatic carbocycles. The van der Waals surface area contributed by atoms with Crippen molar-refractivity contribution in [1.29, 1.82) is 5.26 Å². The molecule has 2 aliphatic heterocycles. The van der Waals surface area contributed by atoms with Crippen LogP contribution in [0, 0.1) is 17.2 Å². The minimum atomic E-state index is 0.120. The van der Waals surface area contributed by atoms with E-state index in [9.17, 15) is 5.26 Å². The summed E-state index contributed by atoms with van der Waals surface area (Å²) in [6.45, 7) is 0. The molecule has 0 amide bonds. The van der Waals surface area contributed by atoms with Gasteiger partial charge in [-0.1, -0.05) is 23.7 Å². The molecule has 3 unspecified atom stereocenters. The Hall–Kier alpha value is -1.04. The lowest BCUT2D eigenvalue weighted by Crippen LogP contribution is -2.45. The maximum absolute atomic E-state index is 9.51. The van der Waals surface area contributed by atoms with Crippen LogP contribution in [-0.2, 0) is 0 Å². The van der Waals surface area contributed by atoms with E-state index in [-0.39, 0.29) is 5.92 Å². The molecule has 2 aliphatic rings. The molecule has 0 saturated carbocycles. The van der Waals surface area contributed by atoms with Gasteiger partial charge in [0.25, 0.3) is 0 Å². The summed E-state index contributed by atoms with van der Waals surface area (Å²) in [6, 6.07) is 11.7. The number of fused-ring (bicyclic) bond motifs is 2. The Balaban J connectivity index is 1.93. The third-order valence-electron chi connectivity index (χ3n) is 4.72. The molecule has 2 nitrogen and oxygen atoms in total. The summed E-state index contributed by atoms with van der Waals surface area (Å²) in [5, 5.41) is 10.3. The molecule has 18 heavy (non-hydrogen) atoms. The first kappa shape index (κ1) is 12.0. The van der Waals surface area contributed by atoms with Crippen molar-refractivity contribution < 1.29 is 0 Å². The zero-order chi connectivity index (χ0) is 12.7. The molecule has 3 heteroatoms. The van der Waals surface area contributed by atoms with Gasteiger partial charge >= 0.3 is 0 Å². The standard InChI is InChI=1S/C15H17ClN2/c1-18-12-6-7-15(18)14(9-17)13(8-12)10-2-4-11(16)5-3-10/h2-5,12-15H,6-8H2,1H3/t12?,13-,14?,15?/m1/s1. The monoisotopic (exact) mass is 260 g/mol. The molecule has 94 valence electrons. The van der Waals surface area contributed by atoms with Crippen molar-refractivity contribution in [2.24, 2.45) is 5.92 Å². The van der Waals surface area contributed by atoms with Gasteiger partial charge < -0.3 is 0 Å². The molecule has 1 aromatic rings. The number of nitriles is 1. The summed E-state index contributed by atoms with van der Waals surface area (Å²) >= 11 is 5.94. The number of halogens is 1. The third kappa shape index (κ3) is 1.83. The lowest BCUT2D eigenvalue weighted by Gasteiger charge is -2.40. The van der Waals surface area contributed by atoms with Crippen molar-refractivity contribution in [3.05, 3.63) is 34.9 Å². The quantitative estimate of drug-likeness (QED) is 0.774. The fourth-order valence-corrected chi connectivity index (χ4v) is 3.82. The van der Waals surface area contributed by atoms with E-state index in [1.54, 1.807) is 0 Å². The second kappa shape index (κ2) is 4.57. The highest BCUT2D eigenvalue weighted by Gasteiger charge is 2.45. The van der Waals surface area contributed by atoms with E-state index in [4.69, 9.17) is 11.6 Å². The van der Waals surface area contributed by atoms with E-state index in [1.165, 1.54) is 18.4 Å². The normalized spacial score (nSPS) is 35.4. The molecule has 3 rings (SSSR count). The van der Waals surface area contributed by atoms with Crippen LogP contribution in [0.3, 0.4) is 0 Å². The van der Waals surface area contributed by atoms with Gasteiger partial charge in [0.15, 0.2) is 0 Å². The summed E-state index contributed by atoms with van der Waals surface area (Å²) in [5.41, 5.74) is 1.27. The van der Waals surface area contributed by atoms with Crippen molar-refractivity contribution in [1.82, 2.24) is 4.90 Å². The Morgan fingerprint density at radius 3 is 2.67 bits per heavy atom. The van der Waals surface area contributed by atoms with Crippen molar-refractivity contribution in [2.75, 3.05) is 7.05 Å². The predicted octanol–water partition coefficient (Wildman–Crippen LogP) is 3.43. The molecule has 2 bridgehead atoms. The average molecular weight is 261 g/mol. The highest BCUT2D eigenvalue weighted by molar-refractivity contribution is 6.30. The van der Waals surface area contributed by atoms with E-state index in [2.05, 4.69) is 30.1 Å². The van der Waals surface area contributed by atoms with Crippen molar-refractivity contribution >= 4 is 11.6 Å². The van der Waals surface area contributed by atoms with Crippen molar-refractivity contribution in [3.8, 4) is 6.07 Å². The number of rotatable bonds is 1. The zero-order valence-corrected chi connectivity index (χ0v) is 11.3. The number of hydrogen-bond acceptors (Lipinski definition) is 2. The van der Waals surface area contributed by atoms with E-state index >= 15 is 0 Å². The summed E-state index contributed by atoms with van der Waals surface area (Å²) in [5.74, 6) is 0.496. The fourth-order valence-electron chi connectivity index (χ4n) is 3.70. The highest BCUT2D eigenvalue weighted by atomic mass is 35.5. The molecule has 0 aromatic heterocycles. The maximum atomic E-state index is 9.51. The van der Waals surface area contributed by atoms with Crippen LogP contribution in [-0.4, -0.2) is 24.0 Å². The van der Waals surface area contributed by atoms with Gasteiger partial charge in [0.2, 0.25) is 0 Å². The number of nitrogens with zero attached hydrogens (tertiary/aromatic N) is 2. The second-order valence-corrected chi connectivity index (χ2v) is 5.95. The van der Waals surface area contributed by atoms with E-state index in [1.807, 2.05) is 12.1 Å². The van der Waals surface area contributed by atoms with Crippen LogP contribution in [0.2, 0.25) is 5.02 Å². The van der Waals surface area contributed by atoms with Crippen LogP contribution >= 0.6 is 11.6 Å². The van der Waals surface area contributed by atoms with Gasteiger partial charge in [-0.3, -0.25) is 4.90 Å². The number of hydrogen-bond donors (Lipinski definition) is 0. The molecule has 2 fully saturated rings. The van der Waals surface area contributed by atoms with Gasteiger partial charge in [0.1, 0.15) is 0 Å². The Bertz CT molecular complexity index is 476. The van der Waals surface area contributed by atoms with Crippen molar-refractivity contribution in [2.45, 2.75) is 37.3 Å². The van der Waals surface area contributed by atoms with E-state index in [0.29, 0.717) is 18.0 Å². The van der Waals surface area contributed by atoms with Gasteiger partial charge in [-0.25, -0.2) is 0 Å². The van der Waals surface area contributed by atoms with Gasteiger partial charge in [0, 0.05) is 23.0 Å². The molecule has 2 saturated heterocycles. The Labute approximate surface area is 113 Å². The number of piperidine rings is 1. The second-order valence-electron chi connectivity index (χ2n) is 5.51. The summed E-state index contributed by atoms with van der Waals surface area (Å²) in [7, 11) is 2.17. The first-order valence-electron chi connectivity index (χ1n) is 6.57. The summed E-state index contributed by atoms with van der Waals surface area (Å²) in [4.78, 5) is 2.42. The van der Waals surface area contributed by atoms with E-state index < -0.39 is 0 Å². The first-order chi connectivity index (χ1) is 8.70. The molecule has 0 N–H and O–H groups in total. The van der Waals surface area contributed by atoms with Crippen LogP contribution in [0.4, 0.5) is 0 Å². The molecule has 0 spiro atoms. The topological polar surface area (TPSA) is 27.0 Å². The summed E-state index contributed by atoms with van der Waals surface area (Å²) in [6.07, 6.45) is 3.51. The predicted molar refractivity (Wildman–Crippen MR) is 72.5 cm³/mol. The molecule has 4 atom stereocenters. The average Bonchev–Trinajstić information content (AvgIpc) is 2.63. The Morgan fingerprint density at radius 1 is 1.28 bits per heavy atom. The van der Waals surface area contributed by atoms with Crippen LogP contribution < -0.4 is 0 Å². The van der Waals surface area contributed by atoms with Crippen LogP contribution in [0.15, 0.2) is 24.3 Å². The highest BCUT2D eigenvalue weighted by Crippen LogP contribution is 2.45. The van der Waals surface area contributed by atoms with E-state index in [0.717, 1.165) is 11.4 Å². The molecule has 1 aromatic carbocycles. The minimum Gasteiger partial charge on any atom is -0.299 e. The SMILES string of the molecule is CN1C2CCC1C(C#N)[C@@H](c1ccc(Cl)cc1)C2. The smallest absolute Gasteiger partial charge is 0.0687 e. The van der Waals surface area contributed by atoms with Gasteiger partial charge in [0.05, 0.1) is 12.0 Å². The number of benzene rings is 1. The Kier molecular flexibility index (Phi) is 3.05. The van der Waals surface area contributed by atoms with Gasteiger partial charge in [-0.05, 0) is 44.0 Å². The fraction of sp³-hybridized carbons (Fsp3) is 0.533. The molecular weight excluding hydrogens is 244 g/mol. The Morgan fingerprint density at radius 2 is 2.00 bits per heavy atom. The largest absolute Gasteiger partial charge is 0.299 e. The lowest BCUT2D eigenvalue weighted by molar-refractivity contribution is 0.127. The van der Waals surface area contributed by atoms with Gasteiger partial charge in [-0.15, -0.1) is 0 Å². The molecule has 2 heterocycles. The van der Waals surface area contributed by atoms with Crippen LogP contribution in [0.5, 0.6) is 0 Å². The first-order valence-corrected chi connectivity index (χ1v) is 6.95. The van der Waals surface area contributed by atoms with Crippen LogP contribution in [0.25, 0.3) is 0 Å². The van der Waals surface area contributed by atoms with Gasteiger partial charge in [-0.2, -0.15) is 5.26 Å². The minimum absolute atomic E-state index is 0.120. The zero-order valence-electron chi connectivity index (χ0n) is 10.5.